The molecule has 1 aromatic carbocycles. The lowest BCUT2D eigenvalue weighted by atomic mass is 9.97. The molecule has 0 aliphatic heterocycles. The van der Waals surface area contributed by atoms with E-state index in [1.807, 2.05) is 0 Å². The van der Waals surface area contributed by atoms with E-state index in [0.717, 1.165) is 31.5 Å². The van der Waals surface area contributed by atoms with Gasteiger partial charge in [0, 0.05) is 6.54 Å². The number of carbonyl (C=O) groups is 1. The van der Waals surface area contributed by atoms with Gasteiger partial charge in [0.1, 0.15) is 0 Å². The average molecular weight is 301 g/mol. The van der Waals surface area contributed by atoms with Crippen LogP contribution in [0.4, 0.5) is 11.4 Å². The number of carbonyl (C=O) groups excluding carboxylic acids is 1. The minimum absolute atomic E-state index is 0.108. The van der Waals surface area contributed by atoms with Crippen molar-refractivity contribution in [2.75, 3.05) is 17.2 Å². The van der Waals surface area contributed by atoms with Crippen molar-refractivity contribution in [3.05, 3.63) is 23.8 Å². The Balaban J connectivity index is 2.09. The quantitative estimate of drug-likeness (QED) is 0.754. The first-order chi connectivity index (χ1) is 10.6. The molecule has 1 aliphatic rings. The molecule has 1 aromatic rings. The van der Waals surface area contributed by atoms with Crippen molar-refractivity contribution < 1.29 is 9.90 Å². The summed E-state index contributed by atoms with van der Waals surface area (Å²) in [6.07, 6.45) is 4.37. The molecule has 0 spiro atoms. The summed E-state index contributed by atoms with van der Waals surface area (Å²) in [4.78, 5) is 12.2. The van der Waals surface area contributed by atoms with Crippen molar-refractivity contribution in [3.63, 3.8) is 0 Å². The Morgan fingerprint density at radius 3 is 2.73 bits per heavy atom. The number of nitrogens with one attached hydrogen (secondary N) is 2. The molecule has 1 fully saturated rings. The van der Waals surface area contributed by atoms with Crippen LogP contribution >= 0.6 is 0 Å². The third kappa shape index (κ3) is 4.22. The molecule has 0 aromatic heterocycles. The summed E-state index contributed by atoms with van der Waals surface area (Å²) in [7, 11) is 0. The summed E-state index contributed by atoms with van der Waals surface area (Å²) in [5, 5.41) is 25.4. The van der Waals surface area contributed by atoms with Crippen molar-refractivity contribution in [1.29, 1.82) is 5.26 Å². The molecule has 5 heteroatoms. The lowest BCUT2D eigenvalue weighted by Gasteiger charge is -2.21. The fraction of sp³-hybridized carbons (Fsp3) is 0.529. The molecule has 1 amide bonds. The summed E-state index contributed by atoms with van der Waals surface area (Å²) in [6, 6.07) is 7.26. The van der Waals surface area contributed by atoms with Crippen molar-refractivity contribution >= 4 is 17.3 Å². The van der Waals surface area contributed by atoms with Crippen LogP contribution in [0.1, 0.15) is 51.0 Å². The Morgan fingerprint density at radius 2 is 2.09 bits per heavy atom. The van der Waals surface area contributed by atoms with Crippen molar-refractivity contribution in [3.8, 4) is 6.07 Å². The highest BCUT2D eigenvalue weighted by atomic mass is 16.3. The molecule has 0 bridgehead atoms. The van der Waals surface area contributed by atoms with Crippen LogP contribution < -0.4 is 10.6 Å². The van der Waals surface area contributed by atoms with E-state index in [4.69, 9.17) is 5.26 Å². The number of nitriles is 1. The van der Waals surface area contributed by atoms with Gasteiger partial charge in [-0.1, -0.05) is 19.8 Å². The molecular weight excluding hydrogens is 278 g/mol. The SMILES string of the molecule is CCCNc1ccc(C#N)cc1NC(=O)CC1(O)CCCC1. The molecule has 3 N–H and O–H groups in total. The molecule has 118 valence electrons. The second-order valence-corrected chi connectivity index (χ2v) is 5.96. The molecule has 1 saturated carbocycles. The largest absolute Gasteiger partial charge is 0.389 e. The van der Waals surface area contributed by atoms with Crippen LogP contribution in [0, 0.1) is 11.3 Å². The van der Waals surface area contributed by atoms with Crippen molar-refractivity contribution in [1.82, 2.24) is 0 Å². The summed E-state index contributed by atoms with van der Waals surface area (Å²) in [6.45, 7) is 2.85. The van der Waals surface area contributed by atoms with Gasteiger partial charge in [0.05, 0.1) is 35.0 Å². The Morgan fingerprint density at radius 1 is 1.36 bits per heavy atom. The third-order valence-electron chi connectivity index (χ3n) is 4.01. The van der Waals surface area contributed by atoms with E-state index in [9.17, 15) is 9.90 Å². The van der Waals surface area contributed by atoms with E-state index >= 15 is 0 Å². The Kier molecular flexibility index (Phi) is 5.40. The standard InChI is InChI=1S/C17H23N3O2/c1-2-9-19-14-6-5-13(12-18)10-15(14)20-16(21)11-17(22)7-3-4-8-17/h5-6,10,19,22H,2-4,7-9,11H2,1H3,(H,20,21). The first-order valence-corrected chi connectivity index (χ1v) is 7.86. The minimum Gasteiger partial charge on any atom is -0.389 e. The Labute approximate surface area is 131 Å². The normalized spacial score (nSPS) is 16.0. The van der Waals surface area contributed by atoms with Gasteiger partial charge in [0.25, 0.3) is 0 Å². The van der Waals surface area contributed by atoms with Crippen LogP contribution in [0.15, 0.2) is 18.2 Å². The van der Waals surface area contributed by atoms with Crippen LogP contribution in [0.3, 0.4) is 0 Å². The highest BCUT2D eigenvalue weighted by Gasteiger charge is 2.33. The monoisotopic (exact) mass is 301 g/mol. The molecule has 0 unspecified atom stereocenters. The fourth-order valence-corrected chi connectivity index (χ4v) is 2.83. The first kappa shape index (κ1) is 16.3. The van der Waals surface area contributed by atoms with Gasteiger partial charge in [-0.2, -0.15) is 5.26 Å². The van der Waals surface area contributed by atoms with Gasteiger partial charge in [0.15, 0.2) is 0 Å². The number of anilines is 2. The molecule has 0 radical (unpaired) electrons. The van der Waals surface area contributed by atoms with E-state index in [1.165, 1.54) is 0 Å². The minimum atomic E-state index is -0.867. The zero-order valence-corrected chi connectivity index (χ0v) is 13.0. The van der Waals surface area contributed by atoms with Gasteiger partial charge >= 0.3 is 0 Å². The second kappa shape index (κ2) is 7.28. The number of aliphatic hydroxyl groups is 1. The second-order valence-electron chi connectivity index (χ2n) is 5.96. The molecule has 22 heavy (non-hydrogen) atoms. The summed E-state index contributed by atoms with van der Waals surface area (Å²) in [5.74, 6) is -0.209. The van der Waals surface area contributed by atoms with E-state index < -0.39 is 5.60 Å². The molecule has 2 rings (SSSR count). The number of nitrogens with zero attached hydrogens (tertiary/aromatic N) is 1. The number of benzene rings is 1. The van der Waals surface area contributed by atoms with Gasteiger partial charge in [-0.3, -0.25) is 4.79 Å². The fourth-order valence-electron chi connectivity index (χ4n) is 2.83. The van der Waals surface area contributed by atoms with Crippen molar-refractivity contribution in [2.45, 2.75) is 51.0 Å². The molecule has 1 aliphatic carbocycles. The third-order valence-corrected chi connectivity index (χ3v) is 4.01. The zero-order valence-electron chi connectivity index (χ0n) is 13.0. The number of hydrogen-bond donors (Lipinski definition) is 3. The van der Waals surface area contributed by atoms with E-state index in [1.54, 1.807) is 18.2 Å². The maximum absolute atomic E-state index is 12.2. The first-order valence-electron chi connectivity index (χ1n) is 7.86. The van der Waals surface area contributed by atoms with Gasteiger partial charge < -0.3 is 15.7 Å². The molecule has 5 nitrogen and oxygen atoms in total. The topological polar surface area (TPSA) is 85.2 Å². The van der Waals surface area contributed by atoms with E-state index in [-0.39, 0.29) is 12.3 Å². The van der Waals surface area contributed by atoms with Gasteiger partial charge in [-0.05, 0) is 37.5 Å². The number of amides is 1. The van der Waals surface area contributed by atoms with Crippen LogP contribution in [0.5, 0.6) is 0 Å². The van der Waals surface area contributed by atoms with Crippen LogP contribution in [-0.4, -0.2) is 23.2 Å². The molecule has 0 saturated heterocycles. The maximum atomic E-state index is 12.2. The van der Waals surface area contributed by atoms with Crippen LogP contribution in [-0.2, 0) is 4.79 Å². The Hall–Kier alpha value is -2.06. The lowest BCUT2D eigenvalue weighted by molar-refractivity contribution is -0.120. The van der Waals surface area contributed by atoms with E-state index in [0.29, 0.717) is 24.1 Å². The lowest BCUT2D eigenvalue weighted by Crippen LogP contribution is -2.30. The van der Waals surface area contributed by atoms with Crippen LogP contribution in [0.25, 0.3) is 0 Å². The summed E-state index contributed by atoms with van der Waals surface area (Å²) >= 11 is 0. The number of rotatable bonds is 6. The van der Waals surface area contributed by atoms with Gasteiger partial charge in [-0.15, -0.1) is 0 Å². The highest BCUT2D eigenvalue weighted by molar-refractivity contribution is 5.95. The van der Waals surface area contributed by atoms with Gasteiger partial charge in [0.2, 0.25) is 5.91 Å². The summed E-state index contributed by atoms with van der Waals surface area (Å²) in [5.41, 5.74) is 1.03. The van der Waals surface area contributed by atoms with Gasteiger partial charge in [-0.25, -0.2) is 0 Å². The maximum Gasteiger partial charge on any atom is 0.227 e. The predicted octanol–water partition coefficient (Wildman–Crippen LogP) is 3.01. The van der Waals surface area contributed by atoms with Crippen LogP contribution in [0.2, 0.25) is 0 Å². The highest BCUT2D eigenvalue weighted by Crippen LogP contribution is 2.33. The number of hydrogen-bond acceptors (Lipinski definition) is 4. The predicted molar refractivity (Wildman–Crippen MR) is 86.6 cm³/mol. The average Bonchev–Trinajstić information content (AvgIpc) is 2.91. The summed E-state index contributed by atoms with van der Waals surface area (Å²) < 4.78 is 0. The Bertz CT molecular complexity index is 572. The van der Waals surface area contributed by atoms with Crippen molar-refractivity contribution in [2.24, 2.45) is 0 Å². The molecule has 0 heterocycles. The zero-order chi connectivity index (χ0) is 16.0. The molecule has 0 atom stereocenters. The van der Waals surface area contributed by atoms with E-state index in [2.05, 4.69) is 23.6 Å². The smallest absolute Gasteiger partial charge is 0.227 e. The molecular formula is C17H23N3O2.